The maximum atomic E-state index is 6.74. The topological polar surface area (TPSA) is 0 Å². The lowest BCUT2D eigenvalue weighted by molar-refractivity contribution is 1.62. The summed E-state index contributed by atoms with van der Waals surface area (Å²) in [6, 6.07) is 0. The van der Waals surface area contributed by atoms with Crippen molar-refractivity contribution < 1.29 is 5.48 Å². The third-order valence-electron chi connectivity index (χ3n) is 0.0357. The molecule has 4 heavy (non-hydrogen) atoms. The highest BCUT2D eigenvalue weighted by Gasteiger charge is 1.60. The molecule has 0 N–H and O–H groups in total. The predicted octanol–water partition coefficient (Wildman–Crippen LogP) is 1.78. The smallest absolute Gasteiger partial charge is 0.0395 e. The molecule has 2 heteroatoms. The van der Waals surface area contributed by atoms with Crippen LogP contribution in [0.5, 0.6) is 0 Å². The minimum absolute atomic E-state index is 2.00. The molecule has 0 nitrogen and oxygen atoms in total. The molecule has 0 heterocycles. The molecule has 0 aromatic heterocycles. The van der Waals surface area contributed by atoms with Gasteiger partial charge < -0.3 is 0 Å². The number of alkyl halides is 2. The van der Waals surface area contributed by atoms with Gasteiger partial charge in [0.15, 0.2) is 0 Å². The molecule has 0 aliphatic heterocycles. The highest BCUT2D eigenvalue weighted by molar-refractivity contribution is 9.11. The highest BCUT2D eigenvalue weighted by atomic mass is 79.9. The van der Waals surface area contributed by atoms with E-state index < -0.39 is 10.6 Å². The van der Waals surface area contributed by atoms with E-state index in [9.17, 15) is 0 Å². The molecule has 0 atom stereocenters. The van der Waals surface area contributed by atoms with Crippen molar-refractivity contribution in [1.29, 1.82) is 0 Å². The molecule has 0 aliphatic carbocycles. The van der Waals surface area contributed by atoms with Crippen molar-refractivity contribution in [2.75, 3.05) is 10.6 Å². The van der Waals surface area contributed by atoms with Crippen LogP contribution in [0, 0.1) is 0 Å². The van der Waals surface area contributed by atoms with Gasteiger partial charge in [0.1, 0.15) is 0 Å². The Morgan fingerprint density at radius 1 is 1.50 bits per heavy atom. The molecular weight excluding hydrogens is 184 g/mol. The van der Waals surface area contributed by atoms with Crippen LogP contribution < -0.4 is 0 Å². The Morgan fingerprint density at radius 3 is 1.75 bits per heavy atom. The molecular formula is C2H4Br2. The van der Waals surface area contributed by atoms with E-state index in [4.69, 9.17) is 5.48 Å². The second-order valence-electron chi connectivity index (χ2n) is 0.189. The molecule has 0 bridgehead atoms. The van der Waals surface area contributed by atoms with Crippen molar-refractivity contribution in [3.8, 4) is 0 Å². The zero-order valence-corrected chi connectivity index (χ0v) is 4.93. The SMILES string of the molecule is [2H]C([2H])(Br)C([2H])([2H])Br. The fourth-order valence-electron chi connectivity index (χ4n) is 0. The zero-order valence-electron chi connectivity index (χ0n) is 5.76. The summed E-state index contributed by atoms with van der Waals surface area (Å²) in [6.07, 6.45) is 0. The summed E-state index contributed by atoms with van der Waals surface area (Å²) in [7, 11) is 0. The average molecular weight is 192 g/mol. The summed E-state index contributed by atoms with van der Waals surface area (Å²) in [6.45, 7) is 0. The van der Waals surface area contributed by atoms with E-state index in [1.807, 2.05) is 0 Å². The van der Waals surface area contributed by atoms with Gasteiger partial charge in [-0.05, 0) is 0 Å². The summed E-state index contributed by atoms with van der Waals surface area (Å²) in [4.78, 5) is 0. The van der Waals surface area contributed by atoms with Gasteiger partial charge in [-0.15, -0.1) is 0 Å². The first-order valence-electron chi connectivity index (χ1n) is 2.63. The van der Waals surface area contributed by atoms with Crippen LogP contribution in [-0.4, -0.2) is 10.6 Å². The lowest BCUT2D eigenvalue weighted by Gasteiger charge is -1.63. The summed E-state index contributed by atoms with van der Waals surface area (Å²) < 4.78 is 27.0. The molecule has 0 spiro atoms. The first-order chi connectivity index (χ1) is 3.25. The first kappa shape index (κ1) is 1.23. The van der Waals surface area contributed by atoms with Crippen LogP contribution in [0.15, 0.2) is 0 Å². The Bertz CT molecular complexity index is 67.0. The maximum Gasteiger partial charge on any atom is 0.0395 e. The van der Waals surface area contributed by atoms with Gasteiger partial charge in [0.2, 0.25) is 0 Å². The average Bonchev–Trinajstić information content (AvgIpc) is 1.25. The second kappa shape index (κ2) is 3.96. The van der Waals surface area contributed by atoms with Gasteiger partial charge >= 0.3 is 0 Å². The van der Waals surface area contributed by atoms with E-state index in [1.54, 1.807) is 0 Å². The standard InChI is InChI=1S/C2H4Br2/c3-1-2-4/h1-2H2/i1D2,2D2. The Balaban J connectivity index is 4.02. The molecule has 0 fully saturated rings. The third kappa shape index (κ3) is 2.96. The minimum Gasteiger partial charge on any atom is -0.0919 e. The van der Waals surface area contributed by atoms with Crippen molar-refractivity contribution >= 4 is 31.9 Å². The van der Waals surface area contributed by atoms with Gasteiger partial charge in [0.25, 0.3) is 0 Å². The van der Waals surface area contributed by atoms with Gasteiger partial charge in [-0.2, -0.15) is 0 Å². The van der Waals surface area contributed by atoms with E-state index in [-0.39, 0.29) is 0 Å². The molecule has 0 aromatic carbocycles. The Kier molecular flexibility index (Phi) is 1.22. The summed E-state index contributed by atoms with van der Waals surface area (Å²) in [5, 5.41) is -4.00. The van der Waals surface area contributed by atoms with E-state index in [0.717, 1.165) is 0 Å². The van der Waals surface area contributed by atoms with E-state index in [1.165, 1.54) is 0 Å². The van der Waals surface area contributed by atoms with Crippen LogP contribution in [-0.2, 0) is 0 Å². The Morgan fingerprint density at radius 2 is 1.75 bits per heavy atom. The second-order valence-corrected chi connectivity index (χ2v) is 0.982. The molecule has 0 amide bonds. The van der Waals surface area contributed by atoms with Gasteiger partial charge in [-0.1, -0.05) is 31.9 Å². The Labute approximate surface area is 48.5 Å². The minimum atomic E-state index is -2.00. The summed E-state index contributed by atoms with van der Waals surface area (Å²) in [5.41, 5.74) is 0. The number of rotatable bonds is 1. The molecule has 0 saturated carbocycles. The third-order valence-corrected chi connectivity index (χ3v) is 0.964. The van der Waals surface area contributed by atoms with Gasteiger partial charge in [-0.3, -0.25) is 0 Å². The molecule has 0 unspecified atom stereocenters. The van der Waals surface area contributed by atoms with Gasteiger partial charge in [0.05, 0.1) is 0 Å². The molecule has 0 aliphatic rings. The molecule has 0 rings (SSSR count). The van der Waals surface area contributed by atoms with Gasteiger partial charge in [0, 0.05) is 16.0 Å². The van der Waals surface area contributed by atoms with Crippen LogP contribution in [0.25, 0.3) is 0 Å². The highest BCUT2D eigenvalue weighted by Crippen LogP contribution is 1.82. The van der Waals surface area contributed by atoms with Crippen molar-refractivity contribution in [3.05, 3.63) is 0 Å². The monoisotopic (exact) mass is 190 g/mol. The van der Waals surface area contributed by atoms with Crippen LogP contribution in [0.4, 0.5) is 0 Å². The van der Waals surface area contributed by atoms with E-state index >= 15 is 0 Å². The van der Waals surface area contributed by atoms with Crippen molar-refractivity contribution in [1.82, 2.24) is 0 Å². The molecule has 26 valence electrons. The first-order valence-corrected chi connectivity index (χ1v) is 2.21. The lowest BCUT2D eigenvalue weighted by Crippen LogP contribution is -1.61. The fourth-order valence-corrected chi connectivity index (χ4v) is 0. The van der Waals surface area contributed by atoms with E-state index in [0.29, 0.717) is 0 Å². The molecule has 0 saturated heterocycles. The lowest BCUT2D eigenvalue weighted by atomic mass is 11.0. The van der Waals surface area contributed by atoms with Crippen LogP contribution in [0.2, 0.25) is 0 Å². The number of hydrogen-bond acceptors (Lipinski definition) is 0. The number of hydrogen-bond donors (Lipinski definition) is 0. The van der Waals surface area contributed by atoms with Crippen LogP contribution in [0.3, 0.4) is 0 Å². The van der Waals surface area contributed by atoms with Crippen LogP contribution in [0.1, 0.15) is 5.48 Å². The Hall–Kier alpha value is 0.960. The quantitative estimate of drug-likeness (QED) is 0.555. The predicted molar refractivity (Wildman–Crippen MR) is 27.6 cm³/mol. The van der Waals surface area contributed by atoms with Gasteiger partial charge in [-0.25, -0.2) is 0 Å². The van der Waals surface area contributed by atoms with Crippen molar-refractivity contribution in [3.63, 3.8) is 0 Å². The molecule has 0 radical (unpaired) electrons. The van der Waals surface area contributed by atoms with Crippen LogP contribution >= 0.6 is 31.9 Å². The molecule has 0 aromatic rings. The van der Waals surface area contributed by atoms with Crippen molar-refractivity contribution in [2.45, 2.75) is 0 Å². The fraction of sp³-hybridized carbons (Fsp3) is 1.00. The largest absolute Gasteiger partial charge is 0.0919 e. The van der Waals surface area contributed by atoms with E-state index in [2.05, 4.69) is 31.9 Å². The van der Waals surface area contributed by atoms with Crippen molar-refractivity contribution in [2.24, 2.45) is 0 Å². The summed E-state index contributed by atoms with van der Waals surface area (Å²) >= 11 is 5.02. The zero-order chi connectivity index (χ0) is 7.00. The maximum absolute atomic E-state index is 6.74. The number of halogens is 2. The summed E-state index contributed by atoms with van der Waals surface area (Å²) in [5.74, 6) is 0. The normalized spacial score (nSPS) is 29.5.